The first kappa shape index (κ1) is 7.63. The van der Waals surface area contributed by atoms with Crippen molar-refractivity contribution in [1.82, 2.24) is 9.97 Å². The highest BCUT2D eigenvalue weighted by Crippen LogP contribution is 2.02. The van der Waals surface area contributed by atoms with Gasteiger partial charge in [-0.05, 0) is 6.92 Å². The highest BCUT2D eigenvalue weighted by Gasteiger charge is 2.00. The second kappa shape index (κ2) is 3.08. The van der Waals surface area contributed by atoms with Gasteiger partial charge in [-0.1, -0.05) is 0 Å². The molecule has 1 aromatic heterocycles. The lowest BCUT2D eigenvalue weighted by Gasteiger charge is -2.01. The molecular formula is C7H8N4. The van der Waals surface area contributed by atoms with E-state index in [1.165, 1.54) is 12.4 Å². The molecule has 1 heterocycles. The molecule has 0 aliphatic rings. The van der Waals surface area contributed by atoms with Crippen molar-refractivity contribution in [3.63, 3.8) is 0 Å². The molecule has 1 aromatic rings. The second-order valence-electron chi connectivity index (χ2n) is 2.23. The fourth-order valence-electron chi connectivity index (χ4n) is 0.631. The SMILES string of the molecule is C[C@H](N)c1cnc(C#N)cn1. The summed E-state index contributed by atoms with van der Waals surface area (Å²) in [5.74, 6) is 0. The van der Waals surface area contributed by atoms with Gasteiger partial charge in [-0.3, -0.25) is 4.98 Å². The molecule has 0 aliphatic heterocycles. The Morgan fingerprint density at radius 2 is 2.27 bits per heavy atom. The van der Waals surface area contributed by atoms with Gasteiger partial charge in [-0.15, -0.1) is 0 Å². The van der Waals surface area contributed by atoms with E-state index in [-0.39, 0.29) is 6.04 Å². The van der Waals surface area contributed by atoms with E-state index in [0.717, 1.165) is 0 Å². The average molecular weight is 148 g/mol. The number of rotatable bonds is 1. The first-order valence-electron chi connectivity index (χ1n) is 3.21. The molecular weight excluding hydrogens is 140 g/mol. The molecule has 11 heavy (non-hydrogen) atoms. The Hall–Kier alpha value is -1.47. The molecule has 0 aliphatic carbocycles. The minimum Gasteiger partial charge on any atom is -0.323 e. The van der Waals surface area contributed by atoms with E-state index < -0.39 is 0 Å². The standard InChI is InChI=1S/C7H8N4/c1-5(9)7-4-10-6(2-8)3-11-7/h3-5H,9H2,1H3/t5-/m0/s1. The Balaban J connectivity index is 2.94. The van der Waals surface area contributed by atoms with Crippen LogP contribution in [0.4, 0.5) is 0 Å². The normalized spacial score (nSPS) is 12.1. The molecule has 0 unspecified atom stereocenters. The molecule has 2 N–H and O–H groups in total. The predicted molar refractivity (Wildman–Crippen MR) is 39.3 cm³/mol. The predicted octanol–water partition coefficient (Wildman–Crippen LogP) is 0.368. The number of hydrogen-bond donors (Lipinski definition) is 1. The molecule has 1 rings (SSSR count). The summed E-state index contributed by atoms with van der Waals surface area (Å²) >= 11 is 0. The third-order valence-electron chi connectivity index (χ3n) is 1.25. The Morgan fingerprint density at radius 1 is 1.55 bits per heavy atom. The van der Waals surface area contributed by atoms with Crippen molar-refractivity contribution in [1.29, 1.82) is 5.26 Å². The first-order chi connectivity index (χ1) is 5.24. The number of hydrogen-bond acceptors (Lipinski definition) is 4. The zero-order valence-corrected chi connectivity index (χ0v) is 6.15. The quantitative estimate of drug-likeness (QED) is 0.624. The molecule has 0 radical (unpaired) electrons. The summed E-state index contributed by atoms with van der Waals surface area (Å²) in [4.78, 5) is 7.75. The van der Waals surface area contributed by atoms with Crippen LogP contribution < -0.4 is 5.73 Å². The van der Waals surface area contributed by atoms with Crippen molar-refractivity contribution in [2.24, 2.45) is 5.73 Å². The van der Waals surface area contributed by atoms with Crippen LogP contribution in [0.2, 0.25) is 0 Å². The summed E-state index contributed by atoms with van der Waals surface area (Å²) < 4.78 is 0. The molecule has 0 aromatic carbocycles. The lowest BCUT2D eigenvalue weighted by molar-refractivity contribution is 0.771. The van der Waals surface area contributed by atoms with Crippen LogP contribution in [-0.2, 0) is 0 Å². The average Bonchev–Trinajstić information content (AvgIpc) is 2.05. The van der Waals surface area contributed by atoms with Crippen molar-refractivity contribution >= 4 is 0 Å². The Kier molecular flexibility index (Phi) is 2.14. The summed E-state index contributed by atoms with van der Waals surface area (Å²) in [5, 5.41) is 8.38. The summed E-state index contributed by atoms with van der Waals surface area (Å²) in [6, 6.07) is 1.75. The van der Waals surface area contributed by atoms with Crippen LogP contribution in [0, 0.1) is 11.3 Å². The van der Waals surface area contributed by atoms with Crippen LogP contribution in [-0.4, -0.2) is 9.97 Å². The zero-order valence-electron chi connectivity index (χ0n) is 6.15. The Labute approximate surface area is 64.7 Å². The van der Waals surface area contributed by atoms with E-state index in [2.05, 4.69) is 9.97 Å². The number of nitrogens with two attached hydrogens (primary N) is 1. The van der Waals surface area contributed by atoms with Crippen LogP contribution in [0.1, 0.15) is 24.4 Å². The van der Waals surface area contributed by atoms with Gasteiger partial charge in [0.2, 0.25) is 0 Å². The van der Waals surface area contributed by atoms with Crippen molar-refractivity contribution in [2.75, 3.05) is 0 Å². The Bertz CT molecular complexity index is 269. The molecule has 0 spiro atoms. The molecule has 0 amide bonds. The van der Waals surface area contributed by atoms with Crippen molar-refractivity contribution in [3.05, 3.63) is 23.8 Å². The molecule has 0 fully saturated rings. The largest absolute Gasteiger partial charge is 0.323 e. The fourth-order valence-corrected chi connectivity index (χ4v) is 0.631. The Morgan fingerprint density at radius 3 is 2.64 bits per heavy atom. The van der Waals surface area contributed by atoms with Crippen LogP contribution in [0.15, 0.2) is 12.4 Å². The van der Waals surface area contributed by atoms with Gasteiger partial charge in [0.15, 0.2) is 5.69 Å². The van der Waals surface area contributed by atoms with Crippen LogP contribution >= 0.6 is 0 Å². The lowest BCUT2D eigenvalue weighted by atomic mass is 10.3. The monoisotopic (exact) mass is 148 g/mol. The number of nitrogens with zero attached hydrogens (tertiary/aromatic N) is 3. The summed E-state index contributed by atoms with van der Waals surface area (Å²) in [5.41, 5.74) is 6.53. The molecule has 0 saturated heterocycles. The first-order valence-corrected chi connectivity index (χ1v) is 3.21. The van der Waals surface area contributed by atoms with Crippen molar-refractivity contribution < 1.29 is 0 Å². The van der Waals surface area contributed by atoms with Crippen molar-refractivity contribution in [2.45, 2.75) is 13.0 Å². The van der Waals surface area contributed by atoms with Gasteiger partial charge in [0.05, 0.1) is 18.1 Å². The molecule has 4 heteroatoms. The van der Waals surface area contributed by atoms with E-state index in [0.29, 0.717) is 11.4 Å². The number of nitriles is 1. The van der Waals surface area contributed by atoms with Crippen LogP contribution in [0.25, 0.3) is 0 Å². The molecule has 56 valence electrons. The summed E-state index contributed by atoms with van der Waals surface area (Å²) in [7, 11) is 0. The van der Waals surface area contributed by atoms with E-state index in [1.807, 2.05) is 13.0 Å². The molecule has 0 saturated carbocycles. The smallest absolute Gasteiger partial charge is 0.158 e. The maximum absolute atomic E-state index is 8.38. The minimum absolute atomic E-state index is 0.129. The van der Waals surface area contributed by atoms with Crippen molar-refractivity contribution in [3.8, 4) is 6.07 Å². The van der Waals surface area contributed by atoms with E-state index in [1.54, 1.807) is 0 Å². The highest BCUT2D eigenvalue weighted by molar-refractivity contribution is 5.17. The van der Waals surface area contributed by atoms with Gasteiger partial charge in [0, 0.05) is 6.04 Å². The maximum Gasteiger partial charge on any atom is 0.158 e. The van der Waals surface area contributed by atoms with E-state index in [4.69, 9.17) is 11.0 Å². The topological polar surface area (TPSA) is 75.6 Å². The third kappa shape index (κ3) is 1.72. The van der Waals surface area contributed by atoms with Gasteiger partial charge in [-0.25, -0.2) is 4.98 Å². The van der Waals surface area contributed by atoms with Crippen LogP contribution in [0.3, 0.4) is 0 Å². The van der Waals surface area contributed by atoms with Gasteiger partial charge in [-0.2, -0.15) is 5.26 Å². The molecule has 0 bridgehead atoms. The summed E-state index contributed by atoms with van der Waals surface area (Å²) in [6.45, 7) is 1.82. The minimum atomic E-state index is -0.129. The van der Waals surface area contributed by atoms with Gasteiger partial charge in [0.25, 0.3) is 0 Å². The van der Waals surface area contributed by atoms with E-state index >= 15 is 0 Å². The summed E-state index contributed by atoms with van der Waals surface area (Å²) in [6.07, 6.45) is 2.93. The van der Waals surface area contributed by atoms with E-state index in [9.17, 15) is 0 Å². The van der Waals surface area contributed by atoms with Gasteiger partial charge >= 0.3 is 0 Å². The molecule has 1 atom stereocenters. The third-order valence-corrected chi connectivity index (χ3v) is 1.25. The van der Waals surface area contributed by atoms with Crippen LogP contribution in [0.5, 0.6) is 0 Å². The molecule has 4 nitrogen and oxygen atoms in total. The number of aromatic nitrogens is 2. The van der Waals surface area contributed by atoms with Gasteiger partial charge in [0.1, 0.15) is 6.07 Å². The zero-order chi connectivity index (χ0) is 8.27. The fraction of sp³-hybridized carbons (Fsp3) is 0.286. The maximum atomic E-state index is 8.38. The van der Waals surface area contributed by atoms with Gasteiger partial charge < -0.3 is 5.73 Å². The highest BCUT2D eigenvalue weighted by atomic mass is 14.8. The second-order valence-corrected chi connectivity index (χ2v) is 2.23. The lowest BCUT2D eigenvalue weighted by Crippen LogP contribution is -2.07.